The molecule has 0 atom stereocenters. The summed E-state index contributed by atoms with van der Waals surface area (Å²) in [6.45, 7) is 0. The lowest BCUT2D eigenvalue weighted by Crippen LogP contribution is -2.05. The number of hydrogen-bond donors (Lipinski definition) is 1. The van der Waals surface area contributed by atoms with Crippen LogP contribution in [0.15, 0.2) is 42.7 Å². The van der Waals surface area contributed by atoms with Crippen LogP contribution in [0.1, 0.15) is 11.1 Å². The van der Waals surface area contributed by atoms with E-state index in [1.54, 1.807) is 30.6 Å². The van der Waals surface area contributed by atoms with Crippen molar-refractivity contribution >= 4 is 11.3 Å². The zero-order chi connectivity index (χ0) is 14.5. The second-order valence-electron chi connectivity index (χ2n) is 3.95. The van der Waals surface area contributed by atoms with E-state index in [1.807, 2.05) is 6.07 Å². The van der Waals surface area contributed by atoms with E-state index in [4.69, 9.17) is 10.5 Å². The minimum Gasteiger partial charge on any atom is -0.496 e. The maximum absolute atomic E-state index is 14.0. The number of allylic oxidation sites excluding steroid dienone is 1. The van der Waals surface area contributed by atoms with Crippen LogP contribution in [0.4, 0.5) is 4.39 Å². The molecule has 0 amide bonds. The van der Waals surface area contributed by atoms with Gasteiger partial charge in [0.1, 0.15) is 17.6 Å². The quantitative estimate of drug-likeness (QED) is 0.869. The molecule has 0 aliphatic rings. The standard InChI is InChI=1S/C15H12FN3O/c1-20-13-4-2-3-12(16)14(13)15(18)11(9-17)10-5-7-19-8-6-10/h2-8H,18H2,1H3/b15-11+. The van der Waals surface area contributed by atoms with Crippen molar-refractivity contribution in [3.63, 3.8) is 0 Å². The Morgan fingerprint density at radius 1 is 1.30 bits per heavy atom. The van der Waals surface area contributed by atoms with E-state index in [1.165, 1.54) is 19.2 Å². The third kappa shape index (κ3) is 2.45. The SMILES string of the molecule is COc1cccc(F)c1/C(N)=C(/C#N)c1ccncc1. The first-order valence-corrected chi connectivity index (χ1v) is 5.82. The van der Waals surface area contributed by atoms with Crippen molar-refractivity contribution in [3.05, 3.63) is 59.7 Å². The summed E-state index contributed by atoms with van der Waals surface area (Å²) in [6.07, 6.45) is 3.08. The summed E-state index contributed by atoms with van der Waals surface area (Å²) in [6, 6.07) is 9.65. The second-order valence-corrected chi connectivity index (χ2v) is 3.95. The van der Waals surface area contributed by atoms with Gasteiger partial charge in [0, 0.05) is 12.4 Å². The van der Waals surface area contributed by atoms with E-state index in [-0.39, 0.29) is 22.6 Å². The molecule has 0 fully saturated rings. The highest BCUT2D eigenvalue weighted by molar-refractivity contribution is 5.97. The normalized spacial score (nSPS) is 11.4. The Bertz CT molecular complexity index is 690. The van der Waals surface area contributed by atoms with Crippen LogP contribution in [-0.2, 0) is 0 Å². The van der Waals surface area contributed by atoms with Crippen molar-refractivity contribution in [2.45, 2.75) is 0 Å². The van der Waals surface area contributed by atoms with Crippen molar-refractivity contribution in [2.24, 2.45) is 5.73 Å². The zero-order valence-corrected chi connectivity index (χ0v) is 10.8. The molecule has 0 bridgehead atoms. The fraction of sp³-hybridized carbons (Fsp3) is 0.0667. The number of rotatable bonds is 3. The second kappa shape index (κ2) is 5.85. The molecule has 0 saturated heterocycles. The number of hydrogen-bond acceptors (Lipinski definition) is 4. The van der Waals surface area contributed by atoms with Crippen molar-refractivity contribution in [1.29, 1.82) is 5.26 Å². The van der Waals surface area contributed by atoms with Gasteiger partial charge < -0.3 is 10.5 Å². The fourth-order valence-electron chi connectivity index (χ4n) is 1.86. The number of ether oxygens (including phenoxy) is 1. The van der Waals surface area contributed by atoms with Crippen LogP contribution in [0, 0.1) is 17.1 Å². The monoisotopic (exact) mass is 269 g/mol. The summed E-state index contributed by atoms with van der Waals surface area (Å²) < 4.78 is 19.1. The summed E-state index contributed by atoms with van der Waals surface area (Å²) in [5.41, 5.74) is 6.85. The number of nitrogens with zero attached hydrogens (tertiary/aromatic N) is 2. The Balaban J connectivity index is 2.68. The minimum absolute atomic E-state index is 0.0358. The van der Waals surface area contributed by atoms with Crippen molar-refractivity contribution in [2.75, 3.05) is 7.11 Å². The molecule has 0 aliphatic carbocycles. The molecule has 100 valence electrons. The van der Waals surface area contributed by atoms with E-state index in [2.05, 4.69) is 4.98 Å². The van der Waals surface area contributed by atoms with Crippen LogP contribution >= 0.6 is 0 Å². The molecule has 20 heavy (non-hydrogen) atoms. The van der Waals surface area contributed by atoms with Gasteiger partial charge in [-0.2, -0.15) is 5.26 Å². The first-order chi connectivity index (χ1) is 9.69. The lowest BCUT2D eigenvalue weighted by atomic mass is 10.0. The number of aromatic nitrogens is 1. The topological polar surface area (TPSA) is 71.9 Å². The minimum atomic E-state index is -0.538. The average molecular weight is 269 g/mol. The van der Waals surface area contributed by atoms with Crippen LogP contribution in [-0.4, -0.2) is 12.1 Å². The van der Waals surface area contributed by atoms with Gasteiger partial charge in [0.15, 0.2) is 0 Å². The summed E-state index contributed by atoms with van der Waals surface area (Å²) in [7, 11) is 1.42. The largest absolute Gasteiger partial charge is 0.496 e. The Hall–Kier alpha value is -2.87. The smallest absolute Gasteiger partial charge is 0.136 e. The Labute approximate surface area is 115 Å². The van der Waals surface area contributed by atoms with Crippen LogP contribution in [0.25, 0.3) is 11.3 Å². The van der Waals surface area contributed by atoms with E-state index in [0.29, 0.717) is 5.56 Å². The molecule has 0 unspecified atom stereocenters. The molecular weight excluding hydrogens is 257 g/mol. The van der Waals surface area contributed by atoms with E-state index in [9.17, 15) is 9.65 Å². The highest BCUT2D eigenvalue weighted by Gasteiger charge is 2.16. The lowest BCUT2D eigenvalue weighted by molar-refractivity contribution is 0.409. The first kappa shape index (κ1) is 13.6. The molecule has 0 spiro atoms. The summed E-state index contributed by atoms with van der Waals surface area (Å²) >= 11 is 0. The van der Waals surface area contributed by atoms with Crippen LogP contribution in [0.2, 0.25) is 0 Å². The van der Waals surface area contributed by atoms with Gasteiger partial charge in [0.2, 0.25) is 0 Å². The Morgan fingerprint density at radius 3 is 2.60 bits per heavy atom. The number of nitrogens with two attached hydrogens (primary N) is 1. The van der Waals surface area contributed by atoms with E-state index in [0.717, 1.165) is 0 Å². The third-order valence-electron chi connectivity index (χ3n) is 2.81. The molecule has 0 saturated carbocycles. The van der Waals surface area contributed by atoms with Crippen molar-refractivity contribution in [3.8, 4) is 11.8 Å². The molecule has 2 N–H and O–H groups in total. The summed E-state index contributed by atoms with van der Waals surface area (Å²) in [5.74, 6) is -0.257. The number of pyridine rings is 1. The number of methoxy groups -OCH3 is 1. The molecule has 0 aliphatic heterocycles. The van der Waals surface area contributed by atoms with Gasteiger partial charge in [-0.3, -0.25) is 4.98 Å². The molecule has 2 aromatic rings. The van der Waals surface area contributed by atoms with Gasteiger partial charge in [0.05, 0.1) is 23.9 Å². The van der Waals surface area contributed by atoms with Crippen LogP contribution in [0.3, 0.4) is 0 Å². The van der Waals surface area contributed by atoms with Gasteiger partial charge in [-0.1, -0.05) is 6.07 Å². The molecule has 4 nitrogen and oxygen atoms in total. The Morgan fingerprint density at radius 2 is 2.00 bits per heavy atom. The van der Waals surface area contributed by atoms with E-state index < -0.39 is 5.82 Å². The first-order valence-electron chi connectivity index (χ1n) is 5.82. The molecule has 2 rings (SSSR count). The van der Waals surface area contributed by atoms with Gasteiger partial charge in [-0.15, -0.1) is 0 Å². The fourth-order valence-corrected chi connectivity index (χ4v) is 1.86. The number of benzene rings is 1. The summed E-state index contributed by atoms with van der Waals surface area (Å²) in [4.78, 5) is 3.87. The van der Waals surface area contributed by atoms with Gasteiger partial charge in [-0.05, 0) is 29.8 Å². The Kier molecular flexibility index (Phi) is 3.96. The zero-order valence-electron chi connectivity index (χ0n) is 10.8. The highest BCUT2D eigenvalue weighted by atomic mass is 19.1. The van der Waals surface area contributed by atoms with Gasteiger partial charge in [-0.25, -0.2) is 4.39 Å². The van der Waals surface area contributed by atoms with Gasteiger partial charge in [0.25, 0.3) is 0 Å². The maximum atomic E-state index is 14.0. The molecule has 1 heterocycles. The third-order valence-corrected chi connectivity index (χ3v) is 2.81. The molecule has 1 aromatic carbocycles. The predicted molar refractivity (Wildman–Crippen MR) is 73.8 cm³/mol. The van der Waals surface area contributed by atoms with E-state index >= 15 is 0 Å². The lowest BCUT2D eigenvalue weighted by Gasteiger charge is -2.11. The highest BCUT2D eigenvalue weighted by Crippen LogP contribution is 2.30. The van der Waals surface area contributed by atoms with Crippen LogP contribution < -0.4 is 10.5 Å². The maximum Gasteiger partial charge on any atom is 0.136 e. The van der Waals surface area contributed by atoms with Crippen molar-refractivity contribution in [1.82, 2.24) is 4.98 Å². The average Bonchev–Trinajstić information content (AvgIpc) is 2.48. The molecule has 1 aromatic heterocycles. The number of halogens is 1. The van der Waals surface area contributed by atoms with Crippen LogP contribution in [0.5, 0.6) is 5.75 Å². The summed E-state index contributed by atoms with van der Waals surface area (Å²) in [5, 5.41) is 9.29. The molecule has 5 heteroatoms. The predicted octanol–water partition coefficient (Wildman–Crippen LogP) is 2.58. The number of nitriles is 1. The molecule has 0 radical (unpaired) electrons. The molecular formula is C15H12FN3O. The van der Waals surface area contributed by atoms with Crippen molar-refractivity contribution < 1.29 is 9.13 Å². The van der Waals surface area contributed by atoms with Gasteiger partial charge >= 0.3 is 0 Å².